The summed E-state index contributed by atoms with van der Waals surface area (Å²) in [6.07, 6.45) is 1.55. The molecule has 2 fully saturated rings. The smallest absolute Gasteiger partial charge is 0.251 e. The van der Waals surface area contributed by atoms with Crippen LogP contribution in [0.3, 0.4) is 0 Å². The van der Waals surface area contributed by atoms with Gasteiger partial charge in [0, 0.05) is 51.3 Å². The molecule has 6 nitrogen and oxygen atoms in total. The van der Waals surface area contributed by atoms with E-state index in [4.69, 9.17) is 4.74 Å². The number of morpholine rings is 1. The fraction of sp³-hybridized carbons (Fsp3) is 0.417. The predicted octanol–water partition coefficient (Wildman–Crippen LogP) is 2.57. The van der Waals surface area contributed by atoms with Gasteiger partial charge in [0.25, 0.3) is 5.91 Å². The van der Waals surface area contributed by atoms with Crippen molar-refractivity contribution < 1.29 is 14.3 Å². The van der Waals surface area contributed by atoms with Crippen molar-refractivity contribution in [3.8, 4) is 0 Å². The van der Waals surface area contributed by atoms with E-state index in [0.717, 1.165) is 56.9 Å². The number of carbonyl (C=O) groups is 2. The molecule has 2 heterocycles. The van der Waals surface area contributed by atoms with E-state index in [1.807, 2.05) is 41.3 Å². The zero-order valence-electron chi connectivity index (χ0n) is 17.3. The van der Waals surface area contributed by atoms with Gasteiger partial charge in [-0.25, -0.2) is 0 Å². The maximum atomic E-state index is 12.8. The molecule has 0 aromatic heterocycles. The first kappa shape index (κ1) is 20.6. The molecule has 158 valence electrons. The average molecular weight is 408 g/mol. The van der Waals surface area contributed by atoms with E-state index in [-0.39, 0.29) is 11.8 Å². The van der Waals surface area contributed by atoms with Crippen LogP contribution in [0.5, 0.6) is 0 Å². The second-order valence-corrected chi connectivity index (χ2v) is 7.96. The van der Waals surface area contributed by atoms with E-state index in [0.29, 0.717) is 25.1 Å². The van der Waals surface area contributed by atoms with E-state index in [1.165, 1.54) is 5.56 Å². The Morgan fingerprint density at radius 2 is 1.77 bits per heavy atom. The van der Waals surface area contributed by atoms with E-state index >= 15 is 0 Å². The van der Waals surface area contributed by atoms with Crippen LogP contribution >= 0.6 is 0 Å². The Kier molecular flexibility index (Phi) is 6.77. The molecule has 2 aliphatic rings. The Morgan fingerprint density at radius 3 is 2.53 bits per heavy atom. The first-order valence-electron chi connectivity index (χ1n) is 10.7. The molecule has 2 aromatic rings. The number of amides is 2. The van der Waals surface area contributed by atoms with Gasteiger partial charge in [-0.3, -0.25) is 14.5 Å². The van der Waals surface area contributed by atoms with Crippen LogP contribution in [0.25, 0.3) is 0 Å². The second kappa shape index (κ2) is 9.87. The van der Waals surface area contributed by atoms with Crippen LogP contribution < -0.4 is 5.32 Å². The maximum Gasteiger partial charge on any atom is 0.251 e. The number of hydrogen-bond acceptors (Lipinski definition) is 4. The van der Waals surface area contributed by atoms with Gasteiger partial charge in [-0.1, -0.05) is 36.4 Å². The van der Waals surface area contributed by atoms with Gasteiger partial charge in [0.2, 0.25) is 5.91 Å². The van der Waals surface area contributed by atoms with Crippen molar-refractivity contribution in [1.29, 1.82) is 0 Å². The first-order chi connectivity index (χ1) is 14.7. The van der Waals surface area contributed by atoms with Crippen LogP contribution in [0.2, 0.25) is 0 Å². The Hall–Kier alpha value is -2.70. The molecule has 30 heavy (non-hydrogen) atoms. The average Bonchev–Trinajstić information content (AvgIpc) is 3.18. The SMILES string of the molecule is O=C(NCc1ccccc1CN1CCOCC1)c1cccc(CN2CCCC2=O)c1. The Morgan fingerprint density at radius 1 is 0.967 bits per heavy atom. The van der Waals surface area contributed by atoms with Crippen molar-refractivity contribution in [1.82, 2.24) is 15.1 Å². The van der Waals surface area contributed by atoms with Crippen LogP contribution in [0, 0.1) is 0 Å². The van der Waals surface area contributed by atoms with Crippen molar-refractivity contribution in [3.05, 3.63) is 70.8 Å². The molecule has 4 rings (SSSR count). The molecule has 0 atom stereocenters. The van der Waals surface area contributed by atoms with Crippen LogP contribution in [0.1, 0.15) is 39.9 Å². The number of rotatable bonds is 7. The highest BCUT2D eigenvalue weighted by Gasteiger charge is 2.20. The molecule has 0 spiro atoms. The quantitative estimate of drug-likeness (QED) is 0.766. The Balaban J connectivity index is 1.37. The van der Waals surface area contributed by atoms with Crippen molar-refractivity contribution in [2.45, 2.75) is 32.5 Å². The van der Waals surface area contributed by atoms with Crippen molar-refractivity contribution >= 4 is 11.8 Å². The topological polar surface area (TPSA) is 61.9 Å². The fourth-order valence-electron chi connectivity index (χ4n) is 4.06. The zero-order chi connectivity index (χ0) is 20.8. The predicted molar refractivity (Wildman–Crippen MR) is 115 cm³/mol. The van der Waals surface area contributed by atoms with Crippen molar-refractivity contribution in [2.75, 3.05) is 32.8 Å². The van der Waals surface area contributed by atoms with Gasteiger partial charge in [-0.05, 0) is 35.2 Å². The molecular weight excluding hydrogens is 378 g/mol. The van der Waals surface area contributed by atoms with Crippen molar-refractivity contribution in [3.63, 3.8) is 0 Å². The molecule has 0 radical (unpaired) electrons. The second-order valence-electron chi connectivity index (χ2n) is 7.96. The number of hydrogen-bond donors (Lipinski definition) is 1. The van der Waals surface area contributed by atoms with Gasteiger partial charge in [-0.15, -0.1) is 0 Å². The minimum absolute atomic E-state index is 0.0919. The molecular formula is C24H29N3O3. The van der Waals surface area contributed by atoms with E-state index in [2.05, 4.69) is 22.3 Å². The van der Waals surface area contributed by atoms with E-state index in [1.54, 1.807) is 0 Å². The summed E-state index contributed by atoms with van der Waals surface area (Å²) >= 11 is 0. The summed E-state index contributed by atoms with van der Waals surface area (Å²) in [7, 11) is 0. The number of nitrogens with zero attached hydrogens (tertiary/aromatic N) is 2. The highest BCUT2D eigenvalue weighted by Crippen LogP contribution is 2.16. The summed E-state index contributed by atoms with van der Waals surface area (Å²) < 4.78 is 5.43. The first-order valence-corrected chi connectivity index (χ1v) is 10.7. The minimum Gasteiger partial charge on any atom is -0.379 e. The van der Waals surface area contributed by atoms with Crippen LogP contribution in [-0.2, 0) is 29.2 Å². The molecule has 2 amide bonds. The lowest BCUT2D eigenvalue weighted by atomic mass is 10.1. The molecule has 0 unspecified atom stereocenters. The monoisotopic (exact) mass is 407 g/mol. The van der Waals surface area contributed by atoms with E-state index in [9.17, 15) is 9.59 Å². The molecule has 0 bridgehead atoms. The summed E-state index contributed by atoms with van der Waals surface area (Å²) in [5.41, 5.74) is 3.99. The van der Waals surface area contributed by atoms with Gasteiger partial charge in [0.1, 0.15) is 0 Å². The minimum atomic E-state index is -0.0919. The Labute approximate surface area is 177 Å². The molecule has 6 heteroatoms. The summed E-state index contributed by atoms with van der Waals surface area (Å²) in [5, 5.41) is 3.06. The van der Waals surface area contributed by atoms with Gasteiger partial charge < -0.3 is 15.0 Å². The maximum absolute atomic E-state index is 12.8. The van der Waals surface area contributed by atoms with Gasteiger partial charge in [-0.2, -0.15) is 0 Å². The van der Waals surface area contributed by atoms with Crippen LogP contribution in [0.15, 0.2) is 48.5 Å². The molecule has 2 aromatic carbocycles. The number of likely N-dealkylation sites (tertiary alicyclic amines) is 1. The molecule has 2 saturated heterocycles. The van der Waals surface area contributed by atoms with Crippen LogP contribution in [-0.4, -0.2) is 54.5 Å². The standard InChI is InChI=1S/C24H29N3O3/c28-23-9-4-10-27(23)17-19-5-3-8-20(15-19)24(29)25-16-21-6-1-2-7-22(21)18-26-11-13-30-14-12-26/h1-3,5-8,15H,4,9-14,16-18H2,(H,25,29). The normalized spacial score (nSPS) is 17.3. The third-order valence-electron chi connectivity index (χ3n) is 5.79. The summed E-state index contributed by atoms with van der Waals surface area (Å²) in [6, 6.07) is 15.8. The third-order valence-corrected chi connectivity index (χ3v) is 5.79. The lowest BCUT2D eigenvalue weighted by Crippen LogP contribution is -2.36. The highest BCUT2D eigenvalue weighted by atomic mass is 16.5. The summed E-state index contributed by atoms with van der Waals surface area (Å²) in [5.74, 6) is 0.104. The number of nitrogens with one attached hydrogen (secondary N) is 1. The van der Waals surface area contributed by atoms with Crippen molar-refractivity contribution in [2.24, 2.45) is 0 Å². The van der Waals surface area contributed by atoms with Gasteiger partial charge in [0.05, 0.1) is 13.2 Å². The third kappa shape index (κ3) is 5.26. The number of ether oxygens (including phenoxy) is 1. The fourth-order valence-corrected chi connectivity index (χ4v) is 4.06. The van der Waals surface area contributed by atoms with Crippen LogP contribution in [0.4, 0.5) is 0 Å². The summed E-state index contributed by atoms with van der Waals surface area (Å²) in [4.78, 5) is 28.9. The molecule has 0 saturated carbocycles. The highest BCUT2D eigenvalue weighted by molar-refractivity contribution is 5.94. The molecule has 0 aliphatic carbocycles. The molecule has 2 aliphatic heterocycles. The lowest BCUT2D eigenvalue weighted by molar-refractivity contribution is -0.128. The van der Waals surface area contributed by atoms with E-state index < -0.39 is 0 Å². The Bertz CT molecular complexity index is 893. The number of benzene rings is 2. The zero-order valence-corrected chi connectivity index (χ0v) is 17.3. The molecule has 1 N–H and O–H groups in total. The largest absolute Gasteiger partial charge is 0.379 e. The van der Waals surface area contributed by atoms with Gasteiger partial charge in [0.15, 0.2) is 0 Å². The number of carbonyl (C=O) groups excluding carboxylic acids is 2. The summed E-state index contributed by atoms with van der Waals surface area (Å²) in [6.45, 7) is 6.16. The lowest BCUT2D eigenvalue weighted by Gasteiger charge is -2.27. The van der Waals surface area contributed by atoms with Gasteiger partial charge >= 0.3 is 0 Å².